The van der Waals surface area contributed by atoms with Crippen LogP contribution in [0, 0.1) is 0 Å². The molecule has 0 atom stereocenters. The Morgan fingerprint density at radius 1 is 0.913 bits per heavy atom. The van der Waals surface area contributed by atoms with Gasteiger partial charge in [0.05, 0.1) is 12.2 Å². The van der Waals surface area contributed by atoms with Gasteiger partial charge in [0.25, 0.3) is 0 Å². The van der Waals surface area contributed by atoms with Crippen LogP contribution >= 0.6 is 0 Å². The number of pyridine rings is 3. The van der Waals surface area contributed by atoms with Crippen LogP contribution in [0.4, 0.5) is 5.82 Å². The zero-order valence-electron chi connectivity index (χ0n) is 12.4. The van der Waals surface area contributed by atoms with Gasteiger partial charge in [-0.2, -0.15) is 0 Å². The summed E-state index contributed by atoms with van der Waals surface area (Å²) in [4.78, 5) is 16.2. The highest BCUT2D eigenvalue weighted by Gasteiger charge is 2.06. The number of anilines is 1. The van der Waals surface area contributed by atoms with Crippen molar-refractivity contribution in [3.05, 3.63) is 72.9 Å². The Labute approximate surface area is 133 Å². The minimum absolute atomic E-state index is 0.657. The van der Waals surface area contributed by atoms with Gasteiger partial charge in [-0.15, -0.1) is 0 Å². The van der Waals surface area contributed by atoms with Crippen LogP contribution in [0.25, 0.3) is 22.2 Å². The van der Waals surface area contributed by atoms with Gasteiger partial charge in [0.15, 0.2) is 0 Å². The number of fused-ring (bicyclic) bond motifs is 1. The maximum Gasteiger partial charge on any atom is 0.137 e. The molecule has 4 aromatic heterocycles. The van der Waals surface area contributed by atoms with E-state index in [1.54, 1.807) is 12.4 Å². The van der Waals surface area contributed by atoms with E-state index in [1.807, 2.05) is 48.8 Å². The molecule has 5 nitrogen and oxygen atoms in total. The Balaban J connectivity index is 1.55. The van der Waals surface area contributed by atoms with Crippen molar-refractivity contribution in [2.45, 2.75) is 6.54 Å². The molecule has 0 saturated heterocycles. The Bertz CT molecular complexity index is 913. The van der Waals surface area contributed by atoms with Crippen molar-refractivity contribution < 1.29 is 0 Å². The van der Waals surface area contributed by atoms with Gasteiger partial charge in [0, 0.05) is 35.7 Å². The summed E-state index contributed by atoms with van der Waals surface area (Å²) in [5, 5.41) is 4.38. The first-order valence-electron chi connectivity index (χ1n) is 7.42. The van der Waals surface area contributed by atoms with E-state index < -0.39 is 0 Å². The first kappa shape index (κ1) is 13.5. The summed E-state index contributed by atoms with van der Waals surface area (Å²) in [7, 11) is 0. The average molecular weight is 301 g/mol. The van der Waals surface area contributed by atoms with Gasteiger partial charge >= 0.3 is 0 Å². The van der Waals surface area contributed by atoms with Crippen molar-refractivity contribution in [1.29, 1.82) is 0 Å². The maximum atomic E-state index is 4.49. The van der Waals surface area contributed by atoms with E-state index in [0.717, 1.165) is 33.7 Å². The molecule has 4 heterocycles. The molecule has 0 spiro atoms. The highest BCUT2D eigenvalue weighted by molar-refractivity contribution is 5.92. The molecule has 4 rings (SSSR count). The number of hydrogen-bond acceptors (Lipinski definition) is 4. The molecule has 4 aromatic rings. The predicted molar refractivity (Wildman–Crippen MR) is 90.9 cm³/mol. The van der Waals surface area contributed by atoms with E-state index in [-0.39, 0.29) is 0 Å². The smallest absolute Gasteiger partial charge is 0.137 e. The number of H-pyrrole nitrogens is 1. The highest BCUT2D eigenvalue weighted by Crippen LogP contribution is 2.26. The third kappa shape index (κ3) is 2.76. The van der Waals surface area contributed by atoms with Crippen LogP contribution in [-0.4, -0.2) is 19.9 Å². The van der Waals surface area contributed by atoms with Crippen LogP contribution in [-0.2, 0) is 6.54 Å². The third-order valence-corrected chi connectivity index (χ3v) is 3.71. The number of rotatable bonds is 4. The van der Waals surface area contributed by atoms with Gasteiger partial charge in [-0.05, 0) is 42.0 Å². The van der Waals surface area contributed by atoms with Crippen molar-refractivity contribution >= 4 is 16.9 Å². The molecule has 0 unspecified atom stereocenters. The van der Waals surface area contributed by atoms with E-state index in [2.05, 4.69) is 31.3 Å². The second kappa shape index (κ2) is 5.88. The topological polar surface area (TPSA) is 66.5 Å². The lowest BCUT2D eigenvalue weighted by atomic mass is 10.1. The highest BCUT2D eigenvalue weighted by atomic mass is 15.0. The van der Waals surface area contributed by atoms with Gasteiger partial charge < -0.3 is 10.3 Å². The standard InChI is InChI=1S/C18H15N5/c1-2-8-19-14(3-1)12-23-17-5-4-13(11-22-17)15-6-9-20-18-16(15)7-10-21-18/h1-11H,12H2,(H,20,21)(H,22,23). The second-order valence-electron chi connectivity index (χ2n) is 5.21. The summed E-state index contributed by atoms with van der Waals surface area (Å²) < 4.78 is 0. The molecular weight excluding hydrogens is 286 g/mol. The molecule has 0 bridgehead atoms. The summed E-state index contributed by atoms with van der Waals surface area (Å²) in [6.07, 6.45) is 7.38. The molecule has 0 aliphatic rings. The fraction of sp³-hybridized carbons (Fsp3) is 0.0556. The van der Waals surface area contributed by atoms with Crippen molar-refractivity contribution in [3.63, 3.8) is 0 Å². The summed E-state index contributed by atoms with van der Waals surface area (Å²) in [5.74, 6) is 0.832. The van der Waals surface area contributed by atoms with Crippen LogP contribution in [0.3, 0.4) is 0 Å². The average Bonchev–Trinajstić information content (AvgIpc) is 3.10. The van der Waals surface area contributed by atoms with E-state index in [0.29, 0.717) is 6.54 Å². The fourth-order valence-corrected chi connectivity index (χ4v) is 2.55. The van der Waals surface area contributed by atoms with Crippen molar-refractivity contribution in [2.75, 3.05) is 5.32 Å². The van der Waals surface area contributed by atoms with Crippen molar-refractivity contribution in [2.24, 2.45) is 0 Å². The van der Waals surface area contributed by atoms with Crippen LogP contribution in [0.1, 0.15) is 5.69 Å². The Kier molecular flexibility index (Phi) is 3.44. The minimum Gasteiger partial charge on any atom is -0.364 e. The van der Waals surface area contributed by atoms with Crippen LogP contribution in [0.5, 0.6) is 0 Å². The SMILES string of the molecule is c1ccc(CNc2ccc(-c3ccnc4[nH]ccc34)cn2)nc1. The van der Waals surface area contributed by atoms with Crippen molar-refractivity contribution in [3.8, 4) is 11.1 Å². The summed E-state index contributed by atoms with van der Waals surface area (Å²) >= 11 is 0. The minimum atomic E-state index is 0.657. The molecule has 0 aliphatic carbocycles. The number of nitrogens with zero attached hydrogens (tertiary/aromatic N) is 3. The van der Waals surface area contributed by atoms with E-state index >= 15 is 0 Å². The zero-order chi connectivity index (χ0) is 15.5. The molecular formula is C18H15N5. The van der Waals surface area contributed by atoms with Gasteiger partial charge in [-0.25, -0.2) is 9.97 Å². The molecule has 112 valence electrons. The normalized spacial score (nSPS) is 10.8. The Morgan fingerprint density at radius 3 is 2.74 bits per heavy atom. The molecule has 0 fully saturated rings. The predicted octanol–water partition coefficient (Wildman–Crippen LogP) is 3.63. The van der Waals surface area contributed by atoms with E-state index in [1.165, 1.54) is 0 Å². The molecule has 0 aromatic carbocycles. The first-order valence-corrected chi connectivity index (χ1v) is 7.42. The molecule has 0 amide bonds. The van der Waals surface area contributed by atoms with Gasteiger partial charge in [-0.1, -0.05) is 6.07 Å². The number of aromatic amines is 1. The van der Waals surface area contributed by atoms with Gasteiger partial charge in [0.2, 0.25) is 0 Å². The third-order valence-electron chi connectivity index (χ3n) is 3.71. The number of aromatic nitrogens is 4. The van der Waals surface area contributed by atoms with E-state index in [9.17, 15) is 0 Å². The first-order chi connectivity index (χ1) is 11.4. The van der Waals surface area contributed by atoms with E-state index in [4.69, 9.17) is 0 Å². The van der Waals surface area contributed by atoms with Crippen LogP contribution in [0.15, 0.2) is 67.3 Å². The quantitative estimate of drug-likeness (QED) is 0.604. The van der Waals surface area contributed by atoms with Crippen LogP contribution < -0.4 is 5.32 Å². The fourth-order valence-electron chi connectivity index (χ4n) is 2.55. The molecule has 0 aliphatic heterocycles. The Morgan fingerprint density at radius 2 is 1.91 bits per heavy atom. The lowest BCUT2D eigenvalue weighted by molar-refractivity contribution is 1.03. The summed E-state index contributed by atoms with van der Waals surface area (Å²) in [5.41, 5.74) is 4.07. The lowest BCUT2D eigenvalue weighted by Crippen LogP contribution is -2.02. The van der Waals surface area contributed by atoms with Crippen LogP contribution in [0.2, 0.25) is 0 Å². The molecule has 0 saturated carbocycles. The largest absolute Gasteiger partial charge is 0.364 e. The molecule has 2 N–H and O–H groups in total. The Hall–Kier alpha value is -3.21. The summed E-state index contributed by atoms with van der Waals surface area (Å²) in [6.45, 7) is 0.657. The lowest BCUT2D eigenvalue weighted by Gasteiger charge is -2.07. The molecule has 23 heavy (non-hydrogen) atoms. The van der Waals surface area contributed by atoms with Crippen molar-refractivity contribution in [1.82, 2.24) is 19.9 Å². The molecule has 0 radical (unpaired) electrons. The summed E-state index contributed by atoms with van der Waals surface area (Å²) in [6, 6.07) is 14.0. The maximum absolute atomic E-state index is 4.49. The number of hydrogen-bond donors (Lipinski definition) is 2. The number of nitrogens with one attached hydrogen (secondary N) is 2. The second-order valence-corrected chi connectivity index (χ2v) is 5.21. The van der Waals surface area contributed by atoms with Gasteiger partial charge in [0.1, 0.15) is 11.5 Å². The zero-order valence-corrected chi connectivity index (χ0v) is 12.4. The van der Waals surface area contributed by atoms with Gasteiger partial charge in [-0.3, -0.25) is 4.98 Å². The molecule has 5 heteroatoms. The monoisotopic (exact) mass is 301 g/mol.